The van der Waals surface area contributed by atoms with Crippen molar-refractivity contribution in [3.05, 3.63) is 11.7 Å². The van der Waals surface area contributed by atoms with Gasteiger partial charge in [0.15, 0.2) is 5.82 Å². The topological polar surface area (TPSA) is 64.9 Å². The number of hydrogen-bond acceptors (Lipinski definition) is 4. The first-order valence-corrected chi connectivity index (χ1v) is 7.49. The van der Waals surface area contributed by atoms with Crippen molar-refractivity contribution in [3.63, 3.8) is 0 Å². The van der Waals surface area contributed by atoms with E-state index in [9.17, 15) is 13.2 Å². The number of rotatable bonds is 4. The summed E-state index contributed by atoms with van der Waals surface area (Å²) in [5, 5.41) is 3.94. The van der Waals surface area contributed by atoms with Crippen LogP contribution in [-0.2, 0) is 5.54 Å². The minimum absolute atomic E-state index is 0.0807. The average Bonchev–Trinajstić information content (AvgIpc) is 2.96. The van der Waals surface area contributed by atoms with E-state index >= 15 is 0 Å². The van der Waals surface area contributed by atoms with Crippen LogP contribution >= 0.6 is 0 Å². The molecular formula is C14H22F3N3O. The third-order valence-electron chi connectivity index (χ3n) is 4.69. The highest BCUT2D eigenvalue weighted by Gasteiger charge is 2.42. The van der Waals surface area contributed by atoms with Gasteiger partial charge in [-0.25, -0.2) is 0 Å². The molecule has 1 aromatic rings. The standard InChI is InChI=1S/C14H22F3N3O/c1-3-13(18,4-2)12-19-11(21-20-12)9-5-7-10(8-6-9)14(15,16)17/h9-10H,3-8,18H2,1-2H3. The second-order valence-corrected chi connectivity index (χ2v) is 5.91. The largest absolute Gasteiger partial charge is 0.391 e. The van der Waals surface area contributed by atoms with Crippen LogP contribution < -0.4 is 5.73 Å². The smallest absolute Gasteiger partial charge is 0.339 e. The quantitative estimate of drug-likeness (QED) is 0.916. The van der Waals surface area contributed by atoms with Crippen LogP contribution in [0.15, 0.2) is 4.52 Å². The van der Waals surface area contributed by atoms with Crippen LogP contribution in [0.2, 0.25) is 0 Å². The number of halogens is 3. The molecule has 1 aliphatic carbocycles. The van der Waals surface area contributed by atoms with Gasteiger partial charge >= 0.3 is 6.18 Å². The van der Waals surface area contributed by atoms with Gasteiger partial charge in [0.2, 0.25) is 5.89 Å². The van der Waals surface area contributed by atoms with Crippen molar-refractivity contribution >= 4 is 0 Å². The molecule has 2 N–H and O–H groups in total. The van der Waals surface area contributed by atoms with Crippen LogP contribution in [0, 0.1) is 5.92 Å². The van der Waals surface area contributed by atoms with Gasteiger partial charge in [0, 0.05) is 5.92 Å². The van der Waals surface area contributed by atoms with Gasteiger partial charge in [-0.15, -0.1) is 0 Å². The summed E-state index contributed by atoms with van der Waals surface area (Å²) in [4.78, 5) is 4.35. The lowest BCUT2D eigenvalue weighted by atomic mass is 9.81. The summed E-state index contributed by atoms with van der Waals surface area (Å²) in [5.74, 6) is -0.387. The highest BCUT2D eigenvalue weighted by Crippen LogP contribution is 2.42. The minimum Gasteiger partial charge on any atom is -0.339 e. The molecule has 0 aromatic carbocycles. The normalized spacial score (nSPS) is 24.3. The third-order valence-corrected chi connectivity index (χ3v) is 4.69. The summed E-state index contributed by atoms with van der Waals surface area (Å²) in [5.41, 5.74) is 5.59. The Morgan fingerprint density at radius 3 is 2.19 bits per heavy atom. The molecule has 2 rings (SSSR count). The first-order valence-electron chi connectivity index (χ1n) is 7.49. The molecule has 1 saturated carbocycles. The number of nitrogens with two attached hydrogens (primary N) is 1. The van der Waals surface area contributed by atoms with Crippen LogP contribution in [0.3, 0.4) is 0 Å². The number of aromatic nitrogens is 2. The molecule has 0 saturated heterocycles. The average molecular weight is 305 g/mol. The van der Waals surface area contributed by atoms with Crippen LogP contribution in [0.1, 0.15) is 70.0 Å². The summed E-state index contributed by atoms with van der Waals surface area (Å²) in [7, 11) is 0. The summed E-state index contributed by atoms with van der Waals surface area (Å²) in [6.45, 7) is 3.90. The van der Waals surface area contributed by atoms with Crippen molar-refractivity contribution in [1.82, 2.24) is 10.1 Å². The molecule has 0 unspecified atom stereocenters. The molecule has 4 nitrogen and oxygen atoms in total. The molecule has 21 heavy (non-hydrogen) atoms. The monoisotopic (exact) mass is 305 g/mol. The molecule has 0 aliphatic heterocycles. The highest BCUT2D eigenvalue weighted by atomic mass is 19.4. The maximum atomic E-state index is 12.7. The van der Waals surface area contributed by atoms with E-state index in [1.165, 1.54) is 0 Å². The Bertz CT molecular complexity index is 460. The van der Waals surface area contributed by atoms with Crippen LogP contribution in [0.25, 0.3) is 0 Å². The van der Waals surface area contributed by atoms with Crippen molar-refractivity contribution in [1.29, 1.82) is 0 Å². The number of hydrogen-bond donors (Lipinski definition) is 1. The highest BCUT2D eigenvalue weighted by molar-refractivity contribution is 5.05. The van der Waals surface area contributed by atoms with E-state index < -0.39 is 17.6 Å². The Balaban J connectivity index is 2.04. The van der Waals surface area contributed by atoms with Gasteiger partial charge in [-0.3, -0.25) is 0 Å². The van der Waals surface area contributed by atoms with Gasteiger partial charge < -0.3 is 10.3 Å². The summed E-state index contributed by atoms with van der Waals surface area (Å²) >= 11 is 0. The molecule has 1 aliphatic rings. The van der Waals surface area contributed by atoms with Crippen molar-refractivity contribution < 1.29 is 17.7 Å². The van der Waals surface area contributed by atoms with E-state index in [4.69, 9.17) is 10.3 Å². The van der Waals surface area contributed by atoms with Crippen LogP contribution in [0.5, 0.6) is 0 Å². The molecule has 7 heteroatoms. The fourth-order valence-electron chi connectivity index (χ4n) is 2.84. The molecule has 1 fully saturated rings. The molecule has 1 heterocycles. The van der Waals surface area contributed by atoms with Crippen LogP contribution in [-0.4, -0.2) is 16.3 Å². The molecule has 120 valence electrons. The molecule has 0 spiro atoms. The second kappa shape index (κ2) is 5.94. The molecule has 0 bridgehead atoms. The van der Waals surface area contributed by atoms with Gasteiger partial charge in [0.05, 0.1) is 11.5 Å². The maximum Gasteiger partial charge on any atom is 0.391 e. The van der Waals surface area contributed by atoms with Gasteiger partial charge in [0.1, 0.15) is 0 Å². The predicted molar refractivity (Wildman–Crippen MR) is 71.5 cm³/mol. The first-order chi connectivity index (χ1) is 9.80. The minimum atomic E-state index is -4.10. The molecule has 0 radical (unpaired) electrons. The zero-order valence-corrected chi connectivity index (χ0v) is 12.4. The Kier molecular flexibility index (Phi) is 4.60. The van der Waals surface area contributed by atoms with E-state index in [1.54, 1.807) is 0 Å². The van der Waals surface area contributed by atoms with Crippen molar-refractivity contribution in [2.75, 3.05) is 0 Å². The van der Waals surface area contributed by atoms with Gasteiger partial charge in [-0.05, 0) is 38.5 Å². The maximum absolute atomic E-state index is 12.7. The zero-order valence-electron chi connectivity index (χ0n) is 12.4. The third kappa shape index (κ3) is 3.39. The van der Waals surface area contributed by atoms with Crippen LogP contribution in [0.4, 0.5) is 13.2 Å². The summed E-state index contributed by atoms with van der Waals surface area (Å²) < 4.78 is 43.2. The molecular weight excluding hydrogens is 283 g/mol. The molecule has 0 atom stereocenters. The Hall–Kier alpha value is -1.11. The van der Waals surface area contributed by atoms with E-state index in [-0.39, 0.29) is 18.8 Å². The van der Waals surface area contributed by atoms with Gasteiger partial charge in [-0.2, -0.15) is 18.2 Å². The summed E-state index contributed by atoms with van der Waals surface area (Å²) in [6, 6.07) is 0. The molecule has 0 amide bonds. The fourth-order valence-corrected chi connectivity index (χ4v) is 2.84. The molecule has 1 aromatic heterocycles. The van der Waals surface area contributed by atoms with E-state index in [1.807, 2.05) is 13.8 Å². The number of nitrogens with zero attached hydrogens (tertiary/aromatic N) is 2. The Morgan fingerprint density at radius 2 is 1.71 bits per heavy atom. The second-order valence-electron chi connectivity index (χ2n) is 5.91. The van der Waals surface area contributed by atoms with E-state index in [0.717, 1.165) is 0 Å². The van der Waals surface area contributed by atoms with E-state index in [0.29, 0.717) is 37.4 Å². The zero-order chi connectivity index (χ0) is 15.7. The lowest BCUT2D eigenvalue weighted by Gasteiger charge is -2.28. The Morgan fingerprint density at radius 1 is 1.14 bits per heavy atom. The summed E-state index contributed by atoms with van der Waals surface area (Å²) in [6.07, 6.45) is -1.61. The first kappa shape index (κ1) is 16.3. The van der Waals surface area contributed by atoms with Crippen molar-refractivity contribution in [2.45, 2.75) is 70.0 Å². The van der Waals surface area contributed by atoms with Gasteiger partial charge in [-0.1, -0.05) is 19.0 Å². The lowest BCUT2D eigenvalue weighted by Crippen LogP contribution is -2.36. The number of alkyl halides is 3. The SMILES string of the molecule is CCC(N)(CC)c1noc(C2CCC(C(F)(F)F)CC2)n1. The van der Waals surface area contributed by atoms with Gasteiger partial charge in [0.25, 0.3) is 0 Å². The lowest BCUT2D eigenvalue weighted by molar-refractivity contribution is -0.182. The van der Waals surface area contributed by atoms with Crippen molar-refractivity contribution in [3.8, 4) is 0 Å². The Labute approximate surface area is 122 Å². The van der Waals surface area contributed by atoms with Crippen molar-refractivity contribution in [2.24, 2.45) is 11.7 Å². The fraction of sp³-hybridized carbons (Fsp3) is 0.857. The van der Waals surface area contributed by atoms with E-state index in [2.05, 4.69) is 10.1 Å². The predicted octanol–water partition coefficient (Wildman–Crippen LogP) is 3.88.